The van der Waals surface area contributed by atoms with Gasteiger partial charge in [0.1, 0.15) is 0 Å². The third-order valence-electron chi connectivity index (χ3n) is 3.63. The Labute approximate surface area is 108 Å². The third kappa shape index (κ3) is 3.06. The standard InChI is InChI=1S/C14H21N3O/c1-3-11(2)6-7-12-9-16-13(10-15-12)17-8-4-5-14(17)18/h9-11H,3-8H2,1-2H3. The predicted molar refractivity (Wildman–Crippen MR) is 71.4 cm³/mol. The molecule has 0 aromatic carbocycles. The molecule has 0 radical (unpaired) electrons. The lowest BCUT2D eigenvalue weighted by atomic mass is 10.0. The largest absolute Gasteiger partial charge is 0.296 e. The fraction of sp³-hybridized carbons (Fsp3) is 0.643. The zero-order chi connectivity index (χ0) is 13.0. The molecule has 2 heterocycles. The zero-order valence-electron chi connectivity index (χ0n) is 11.2. The normalized spacial score (nSPS) is 17.2. The number of carbonyl (C=O) groups is 1. The summed E-state index contributed by atoms with van der Waals surface area (Å²) in [4.78, 5) is 22.1. The molecule has 4 heteroatoms. The van der Waals surface area contributed by atoms with Gasteiger partial charge in [-0.05, 0) is 25.2 Å². The van der Waals surface area contributed by atoms with Gasteiger partial charge in [-0.25, -0.2) is 4.98 Å². The average Bonchev–Trinajstić information content (AvgIpc) is 2.83. The van der Waals surface area contributed by atoms with Crippen molar-refractivity contribution in [1.29, 1.82) is 0 Å². The molecule has 98 valence electrons. The van der Waals surface area contributed by atoms with E-state index in [0.29, 0.717) is 12.2 Å². The number of carbonyl (C=O) groups excluding carboxylic acids is 1. The van der Waals surface area contributed by atoms with E-state index < -0.39 is 0 Å². The lowest BCUT2D eigenvalue weighted by molar-refractivity contribution is -0.117. The highest BCUT2D eigenvalue weighted by Crippen LogP contribution is 2.18. The van der Waals surface area contributed by atoms with E-state index in [4.69, 9.17) is 0 Å². The maximum atomic E-state index is 11.6. The number of rotatable bonds is 5. The summed E-state index contributed by atoms with van der Waals surface area (Å²) in [6, 6.07) is 0. The topological polar surface area (TPSA) is 46.1 Å². The minimum atomic E-state index is 0.164. The minimum Gasteiger partial charge on any atom is -0.296 e. The van der Waals surface area contributed by atoms with Crippen molar-refractivity contribution in [3.05, 3.63) is 18.1 Å². The van der Waals surface area contributed by atoms with Crippen molar-refractivity contribution in [2.45, 2.75) is 46.0 Å². The van der Waals surface area contributed by atoms with Crippen LogP contribution in [0.2, 0.25) is 0 Å². The third-order valence-corrected chi connectivity index (χ3v) is 3.63. The lowest BCUT2D eigenvalue weighted by Crippen LogP contribution is -2.24. The maximum Gasteiger partial charge on any atom is 0.228 e. The number of aromatic nitrogens is 2. The number of amides is 1. The molecule has 18 heavy (non-hydrogen) atoms. The molecule has 0 bridgehead atoms. The first-order valence-electron chi connectivity index (χ1n) is 6.82. The number of nitrogens with zero attached hydrogens (tertiary/aromatic N) is 3. The first-order chi connectivity index (χ1) is 8.70. The molecule has 1 aromatic heterocycles. The van der Waals surface area contributed by atoms with Gasteiger partial charge in [-0.1, -0.05) is 20.3 Å². The van der Waals surface area contributed by atoms with E-state index >= 15 is 0 Å². The second-order valence-corrected chi connectivity index (χ2v) is 5.07. The molecular formula is C14H21N3O. The SMILES string of the molecule is CCC(C)CCc1cnc(N2CCCC2=O)cn1. The highest BCUT2D eigenvalue weighted by molar-refractivity contribution is 5.94. The summed E-state index contributed by atoms with van der Waals surface area (Å²) >= 11 is 0. The monoisotopic (exact) mass is 247 g/mol. The molecule has 1 saturated heterocycles. The van der Waals surface area contributed by atoms with Gasteiger partial charge in [0.15, 0.2) is 5.82 Å². The van der Waals surface area contributed by atoms with Gasteiger partial charge in [0.05, 0.1) is 18.1 Å². The summed E-state index contributed by atoms with van der Waals surface area (Å²) in [7, 11) is 0. The second kappa shape index (κ2) is 5.94. The highest BCUT2D eigenvalue weighted by Gasteiger charge is 2.22. The molecule has 1 aliphatic rings. The van der Waals surface area contributed by atoms with Crippen LogP contribution < -0.4 is 4.90 Å². The van der Waals surface area contributed by atoms with Crippen molar-refractivity contribution < 1.29 is 4.79 Å². The van der Waals surface area contributed by atoms with Crippen LogP contribution in [0.3, 0.4) is 0 Å². The summed E-state index contributed by atoms with van der Waals surface area (Å²) in [6.07, 6.45) is 8.42. The van der Waals surface area contributed by atoms with Crippen LogP contribution in [0.4, 0.5) is 5.82 Å². The Hall–Kier alpha value is -1.45. The molecule has 4 nitrogen and oxygen atoms in total. The van der Waals surface area contributed by atoms with Gasteiger partial charge in [-0.2, -0.15) is 0 Å². The van der Waals surface area contributed by atoms with Gasteiger partial charge >= 0.3 is 0 Å². The number of aryl methyl sites for hydroxylation is 1. The van der Waals surface area contributed by atoms with Gasteiger partial charge in [0.25, 0.3) is 0 Å². The first-order valence-corrected chi connectivity index (χ1v) is 6.82. The molecule has 0 aliphatic carbocycles. The van der Waals surface area contributed by atoms with Crippen molar-refractivity contribution >= 4 is 11.7 Å². The van der Waals surface area contributed by atoms with E-state index in [0.717, 1.165) is 37.4 Å². The Bertz CT molecular complexity index is 402. The Kier molecular flexibility index (Phi) is 4.28. The summed E-state index contributed by atoms with van der Waals surface area (Å²) in [6.45, 7) is 5.24. The van der Waals surface area contributed by atoms with Crippen molar-refractivity contribution in [1.82, 2.24) is 9.97 Å². The number of hydrogen-bond donors (Lipinski definition) is 0. The van der Waals surface area contributed by atoms with Crippen molar-refractivity contribution in [3.8, 4) is 0 Å². The Balaban J connectivity index is 1.95. The molecule has 0 N–H and O–H groups in total. The number of hydrogen-bond acceptors (Lipinski definition) is 3. The van der Waals surface area contributed by atoms with Gasteiger partial charge in [0.2, 0.25) is 5.91 Å². The van der Waals surface area contributed by atoms with Gasteiger partial charge in [0, 0.05) is 13.0 Å². The summed E-state index contributed by atoms with van der Waals surface area (Å²) in [5.41, 5.74) is 1.02. The molecule has 0 spiro atoms. The summed E-state index contributed by atoms with van der Waals surface area (Å²) < 4.78 is 0. The second-order valence-electron chi connectivity index (χ2n) is 5.07. The van der Waals surface area contributed by atoms with E-state index in [1.165, 1.54) is 6.42 Å². The van der Waals surface area contributed by atoms with Crippen molar-refractivity contribution in [2.24, 2.45) is 5.92 Å². The van der Waals surface area contributed by atoms with Crippen LogP contribution in [-0.4, -0.2) is 22.4 Å². The molecule has 1 unspecified atom stereocenters. The smallest absolute Gasteiger partial charge is 0.228 e. The van der Waals surface area contributed by atoms with Crippen molar-refractivity contribution in [2.75, 3.05) is 11.4 Å². The fourth-order valence-electron chi connectivity index (χ4n) is 2.11. The van der Waals surface area contributed by atoms with Crippen LogP contribution in [0.5, 0.6) is 0 Å². The molecule has 1 atom stereocenters. The van der Waals surface area contributed by atoms with Crippen LogP contribution in [0.25, 0.3) is 0 Å². The van der Waals surface area contributed by atoms with Crippen LogP contribution in [-0.2, 0) is 11.2 Å². The number of anilines is 1. The maximum absolute atomic E-state index is 11.6. The molecule has 0 saturated carbocycles. The van der Waals surface area contributed by atoms with E-state index in [9.17, 15) is 4.79 Å². The van der Waals surface area contributed by atoms with Gasteiger partial charge in [-0.3, -0.25) is 14.7 Å². The van der Waals surface area contributed by atoms with Crippen molar-refractivity contribution in [3.63, 3.8) is 0 Å². The van der Waals surface area contributed by atoms with Crippen LogP contribution >= 0.6 is 0 Å². The Morgan fingerprint density at radius 2 is 2.22 bits per heavy atom. The predicted octanol–water partition coefficient (Wildman–Crippen LogP) is 2.58. The summed E-state index contributed by atoms with van der Waals surface area (Å²) in [5.74, 6) is 1.59. The molecule has 1 fully saturated rings. The minimum absolute atomic E-state index is 0.164. The average molecular weight is 247 g/mol. The van der Waals surface area contributed by atoms with E-state index in [1.807, 2.05) is 6.20 Å². The molecular weight excluding hydrogens is 226 g/mol. The van der Waals surface area contributed by atoms with Crippen LogP contribution in [0.15, 0.2) is 12.4 Å². The molecule has 1 aromatic rings. The summed E-state index contributed by atoms with van der Waals surface area (Å²) in [5, 5.41) is 0. The fourth-order valence-corrected chi connectivity index (χ4v) is 2.11. The quantitative estimate of drug-likeness (QED) is 0.803. The van der Waals surface area contributed by atoms with E-state index in [1.54, 1.807) is 11.1 Å². The zero-order valence-corrected chi connectivity index (χ0v) is 11.2. The van der Waals surface area contributed by atoms with Gasteiger partial charge in [-0.15, -0.1) is 0 Å². The van der Waals surface area contributed by atoms with E-state index in [-0.39, 0.29) is 5.91 Å². The molecule has 2 rings (SSSR count). The molecule has 1 amide bonds. The van der Waals surface area contributed by atoms with Crippen LogP contribution in [0.1, 0.15) is 45.2 Å². The van der Waals surface area contributed by atoms with Gasteiger partial charge < -0.3 is 0 Å². The van der Waals surface area contributed by atoms with E-state index in [2.05, 4.69) is 23.8 Å². The Morgan fingerprint density at radius 1 is 1.39 bits per heavy atom. The van der Waals surface area contributed by atoms with Crippen LogP contribution in [0, 0.1) is 5.92 Å². The highest BCUT2D eigenvalue weighted by atomic mass is 16.2. The first kappa shape index (κ1) is 13.0. The Morgan fingerprint density at radius 3 is 2.78 bits per heavy atom. The lowest BCUT2D eigenvalue weighted by Gasteiger charge is -2.14. The molecule has 1 aliphatic heterocycles.